The number of carboxylic acids is 1. The summed E-state index contributed by atoms with van der Waals surface area (Å²) in [6.45, 7) is 8.80. The number of nitrogens with zero attached hydrogens (tertiary/aromatic N) is 1. The molecular formula is C47H51NO12S2. The van der Waals surface area contributed by atoms with Gasteiger partial charge in [-0.1, -0.05) is 61.5 Å². The highest BCUT2D eigenvalue weighted by Gasteiger charge is 2.18. The second kappa shape index (κ2) is 22.2. The normalized spacial score (nSPS) is 11.5. The van der Waals surface area contributed by atoms with Crippen molar-refractivity contribution in [3.63, 3.8) is 0 Å². The van der Waals surface area contributed by atoms with E-state index >= 15 is 0 Å². The maximum Gasteiger partial charge on any atom is 0.300 e. The third-order valence-corrected chi connectivity index (χ3v) is 11.4. The summed E-state index contributed by atoms with van der Waals surface area (Å²) in [6, 6.07) is 38.5. The van der Waals surface area contributed by atoms with Crippen LogP contribution in [0.1, 0.15) is 25.0 Å². The topological polar surface area (TPSA) is 175 Å². The van der Waals surface area contributed by atoms with Gasteiger partial charge >= 0.3 is 0 Å². The number of aryl methyl sites for hydroxylation is 1. The van der Waals surface area contributed by atoms with Gasteiger partial charge in [0.25, 0.3) is 16.1 Å². The van der Waals surface area contributed by atoms with Gasteiger partial charge in [-0.2, -0.15) is 8.42 Å². The number of ether oxygens (including phenoxy) is 5. The first-order chi connectivity index (χ1) is 29.6. The maximum absolute atomic E-state index is 12.2. The van der Waals surface area contributed by atoms with E-state index in [0.29, 0.717) is 50.2 Å². The van der Waals surface area contributed by atoms with E-state index in [-0.39, 0.29) is 28.8 Å². The molecule has 13 nitrogen and oxygen atoms in total. The largest absolute Gasteiger partial charge is 0.492 e. The summed E-state index contributed by atoms with van der Waals surface area (Å²) < 4.78 is 87.2. The zero-order chi connectivity index (χ0) is 44.7. The van der Waals surface area contributed by atoms with Crippen molar-refractivity contribution in [2.75, 3.05) is 52.3 Å². The van der Waals surface area contributed by atoms with Crippen molar-refractivity contribution in [1.82, 2.24) is 4.90 Å². The minimum atomic E-state index is -4.40. The van der Waals surface area contributed by atoms with Gasteiger partial charge in [0.2, 0.25) is 0 Å². The smallest absolute Gasteiger partial charge is 0.300 e. The third-order valence-electron chi connectivity index (χ3n) is 9.36. The van der Waals surface area contributed by atoms with E-state index in [1.54, 1.807) is 43.3 Å². The van der Waals surface area contributed by atoms with Crippen molar-refractivity contribution >= 4 is 36.7 Å². The number of likely N-dealkylation sites (N-methyl/N-ethyl adjacent to an activating group) is 1. The van der Waals surface area contributed by atoms with E-state index in [2.05, 4.69) is 11.8 Å². The summed E-state index contributed by atoms with van der Waals surface area (Å²) in [5.74, 6) is 1.90. The average molecular weight is 886 g/mol. The van der Waals surface area contributed by atoms with Crippen LogP contribution in [-0.4, -0.2) is 89.7 Å². The van der Waals surface area contributed by atoms with Gasteiger partial charge in [0.15, 0.2) is 9.84 Å². The number of aliphatic carboxylic acids is 1. The van der Waals surface area contributed by atoms with E-state index in [9.17, 15) is 21.4 Å². The number of hydrogen-bond donors (Lipinski definition) is 2. The second-order valence-electron chi connectivity index (χ2n) is 14.2. The van der Waals surface area contributed by atoms with Crippen molar-refractivity contribution in [3.8, 4) is 39.9 Å². The molecule has 0 heterocycles. The first-order valence-corrected chi connectivity index (χ1v) is 23.1. The average Bonchev–Trinajstić information content (AvgIpc) is 3.23. The summed E-state index contributed by atoms with van der Waals surface area (Å²) in [7, 11) is -7.75. The van der Waals surface area contributed by atoms with Crippen LogP contribution in [0.2, 0.25) is 0 Å². The van der Waals surface area contributed by atoms with Gasteiger partial charge in [0.05, 0.1) is 18.1 Å². The predicted octanol–water partition coefficient (Wildman–Crippen LogP) is 8.72. The quantitative estimate of drug-likeness (QED) is 0.0551. The van der Waals surface area contributed by atoms with Gasteiger partial charge in [0, 0.05) is 37.2 Å². The zero-order valence-corrected chi connectivity index (χ0v) is 36.7. The Bertz CT molecular complexity index is 2620. The number of sulfone groups is 1. The van der Waals surface area contributed by atoms with Crippen molar-refractivity contribution in [1.29, 1.82) is 0 Å². The third kappa shape index (κ3) is 14.3. The van der Waals surface area contributed by atoms with Gasteiger partial charge in [-0.05, 0) is 108 Å². The lowest BCUT2D eigenvalue weighted by Crippen LogP contribution is -2.31. The first kappa shape index (κ1) is 47.1. The first-order valence-electron chi connectivity index (χ1n) is 19.8. The zero-order valence-electron chi connectivity index (χ0n) is 35.0. The van der Waals surface area contributed by atoms with Crippen LogP contribution in [-0.2, 0) is 36.1 Å². The predicted molar refractivity (Wildman–Crippen MR) is 238 cm³/mol. The highest BCUT2D eigenvalue weighted by Crippen LogP contribution is 2.41. The molecule has 15 heteroatoms. The van der Waals surface area contributed by atoms with Crippen molar-refractivity contribution in [3.05, 3.63) is 139 Å². The molecule has 0 saturated carbocycles. The summed E-state index contributed by atoms with van der Waals surface area (Å²) in [5.41, 5.74) is 3.49. The van der Waals surface area contributed by atoms with E-state index < -0.39 is 25.9 Å². The van der Waals surface area contributed by atoms with Crippen LogP contribution in [0.3, 0.4) is 0 Å². The Labute approximate surface area is 363 Å². The van der Waals surface area contributed by atoms with Crippen LogP contribution in [0.15, 0.2) is 137 Å². The lowest BCUT2D eigenvalue weighted by molar-refractivity contribution is -0.134. The Morgan fingerprint density at radius 3 is 2.02 bits per heavy atom. The lowest BCUT2D eigenvalue weighted by Gasteiger charge is -2.20. The maximum atomic E-state index is 12.2. The van der Waals surface area contributed by atoms with Crippen LogP contribution in [0.5, 0.6) is 28.7 Å². The minimum Gasteiger partial charge on any atom is -0.492 e. The molecule has 2 N–H and O–H groups in total. The molecule has 0 aliphatic carbocycles. The Hall–Kier alpha value is -5.97. The summed E-state index contributed by atoms with van der Waals surface area (Å²) in [6.07, 6.45) is 1.19. The van der Waals surface area contributed by atoms with Gasteiger partial charge in [-0.15, -0.1) is 0 Å². The number of benzene rings is 6. The van der Waals surface area contributed by atoms with Crippen LogP contribution in [0.25, 0.3) is 21.9 Å². The molecule has 0 radical (unpaired) electrons. The molecule has 6 rings (SSSR count). The molecule has 6 aromatic carbocycles. The molecule has 0 amide bonds. The molecule has 0 aromatic heterocycles. The van der Waals surface area contributed by atoms with Gasteiger partial charge in [0.1, 0.15) is 53.5 Å². The Balaban J connectivity index is 0.00000174. The summed E-state index contributed by atoms with van der Waals surface area (Å²) >= 11 is 0. The molecule has 6 aromatic rings. The monoisotopic (exact) mass is 885 g/mol. The standard InChI is InChI=1S/C45H47NO10S2.C2H4O2/c1-4-46(24-26-52-28-29-54-43-30-33(2)10-23-44(43)58(49,50)51)25-27-53-37-14-16-38(17-15-37)56-45-41(35-11-19-40(20-12-35)57(3,47)48)21-13-36-31-39(18-22-42(36)45)55-32-34-8-6-5-7-9-34;1-2(3)4/h5-23,30-31H,4,24-29,32H2,1-3H3,(H,49,50,51);1H3,(H,3,4). The molecule has 0 bridgehead atoms. The Morgan fingerprint density at radius 1 is 0.694 bits per heavy atom. The lowest BCUT2D eigenvalue weighted by atomic mass is 9.99. The molecule has 0 atom stereocenters. The highest BCUT2D eigenvalue weighted by molar-refractivity contribution is 7.90. The fraction of sp³-hybridized carbons (Fsp3) is 0.255. The van der Waals surface area contributed by atoms with E-state index in [0.717, 1.165) is 52.2 Å². The second-order valence-corrected chi connectivity index (χ2v) is 17.6. The van der Waals surface area contributed by atoms with Gasteiger partial charge in [-0.3, -0.25) is 14.2 Å². The molecule has 62 heavy (non-hydrogen) atoms. The fourth-order valence-corrected chi connectivity index (χ4v) is 7.46. The number of hydrogen-bond acceptors (Lipinski definition) is 11. The SMILES string of the molecule is CC(=O)O.CCN(CCOCCOc1cc(C)ccc1S(=O)(=O)O)CCOc1ccc(Oc2c(-c3ccc(S(C)(=O)=O)cc3)ccc3cc(OCc4ccccc4)ccc23)cc1. The number of carboxylic acid groups (broad SMARTS) is 1. The molecule has 0 aliphatic heterocycles. The van der Waals surface area contributed by atoms with E-state index in [1.807, 2.05) is 84.9 Å². The van der Waals surface area contributed by atoms with Crippen LogP contribution < -0.4 is 18.9 Å². The van der Waals surface area contributed by atoms with Crippen molar-refractivity contribution in [2.45, 2.75) is 37.2 Å². The highest BCUT2D eigenvalue weighted by atomic mass is 32.2. The van der Waals surface area contributed by atoms with Crippen LogP contribution >= 0.6 is 0 Å². The Kier molecular flexibility index (Phi) is 16.9. The minimum absolute atomic E-state index is 0.0922. The molecule has 0 aliphatic rings. The molecular weight excluding hydrogens is 835 g/mol. The molecule has 0 spiro atoms. The number of carbonyl (C=O) groups is 1. The van der Waals surface area contributed by atoms with Crippen LogP contribution in [0, 0.1) is 6.92 Å². The van der Waals surface area contributed by atoms with Gasteiger partial charge in [-0.25, -0.2) is 8.42 Å². The molecule has 0 saturated heterocycles. The summed E-state index contributed by atoms with van der Waals surface area (Å²) in [4.78, 5) is 11.2. The van der Waals surface area contributed by atoms with Crippen LogP contribution in [0.4, 0.5) is 0 Å². The van der Waals surface area contributed by atoms with Crippen molar-refractivity contribution in [2.24, 2.45) is 0 Å². The van der Waals surface area contributed by atoms with E-state index in [4.69, 9.17) is 33.6 Å². The Morgan fingerprint density at radius 2 is 1.35 bits per heavy atom. The molecule has 0 fully saturated rings. The van der Waals surface area contributed by atoms with E-state index in [1.165, 1.54) is 12.3 Å². The summed E-state index contributed by atoms with van der Waals surface area (Å²) in [5, 5.41) is 9.21. The fourth-order valence-electron chi connectivity index (χ4n) is 6.22. The molecule has 0 unspecified atom stereocenters. The van der Waals surface area contributed by atoms with Gasteiger partial charge < -0.3 is 28.8 Å². The number of rotatable bonds is 20. The molecule has 328 valence electrons. The van der Waals surface area contributed by atoms with Crippen molar-refractivity contribution < 1.29 is 55.0 Å². The number of fused-ring (bicyclic) bond motifs is 1.